The highest BCUT2D eigenvalue weighted by molar-refractivity contribution is 6.00. The molecule has 4 aromatic rings. The predicted molar refractivity (Wildman–Crippen MR) is 133 cm³/mol. The quantitative estimate of drug-likeness (QED) is 0.412. The van der Waals surface area contributed by atoms with Crippen LogP contribution in [0.4, 0.5) is 5.69 Å². The molecule has 170 valence electrons. The molecule has 0 spiro atoms. The van der Waals surface area contributed by atoms with Crippen molar-refractivity contribution in [3.63, 3.8) is 0 Å². The zero-order chi connectivity index (χ0) is 24.1. The average molecular weight is 453 g/mol. The van der Waals surface area contributed by atoms with Gasteiger partial charge in [-0.15, -0.1) is 0 Å². The summed E-state index contributed by atoms with van der Waals surface area (Å²) in [7, 11) is 1.67. The molecular formula is C27H23N3O4. The summed E-state index contributed by atoms with van der Waals surface area (Å²) < 4.78 is 4.78. The molecular weight excluding hydrogens is 430 g/mol. The molecule has 0 radical (unpaired) electrons. The smallest absolute Gasteiger partial charge is 0.366 e. The molecule has 7 heteroatoms. The molecule has 2 N–H and O–H groups in total. The summed E-state index contributed by atoms with van der Waals surface area (Å²) in [6, 6.07) is 21.0. The summed E-state index contributed by atoms with van der Waals surface area (Å²) >= 11 is 0. The van der Waals surface area contributed by atoms with Crippen molar-refractivity contribution in [1.82, 2.24) is 5.16 Å². The molecule has 1 heterocycles. The van der Waals surface area contributed by atoms with Crippen molar-refractivity contribution in [3.05, 3.63) is 112 Å². The van der Waals surface area contributed by atoms with Crippen LogP contribution in [0.3, 0.4) is 0 Å². The number of aromatic nitrogens is 1. The number of rotatable bonds is 7. The van der Waals surface area contributed by atoms with Gasteiger partial charge in [0, 0.05) is 30.8 Å². The molecule has 0 aliphatic carbocycles. The van der Waals surface area contributed by atoms with Gasteiger partial charge in [0.2, 0.25) is 0 Å². The first-order chi connectivity index (χ1) is 16.4. The van der Waals surface area contributed by atoms with Gasteiger partial charge in [0.05, 0.1) is 5.39 Å². The van der Waals surface area contributed by atoms with Crippen molar-refractivity contribution in [2.75, 3.05) is 12.4 Å². The van der Waals surface area contributed by atoms with Crippen molar-refractivity contribution in [2.24, 2.45) is 4.99 Å². The Bertz CT molecular complexity index is 1430. The lowest BCUT2D eigenvalue weighted by molar-refractivity contribution is -0.135. The van der Waals surface area contributed by atoms with Crippen LogP contribution in [0.1, 0.15) is 22.4 Å². The molecule has 0 aliphatic rings. The Hall–Kier alpha value is -4.36. The van der Waals surface area contributed by atoms with Crippen LogP contribution in [0.5, 0.6) is 0 Å². The summed E-state index contributed by atoms with van der Waals surface area (Å²) in [5.74, 6) is -0.608. The van der Waals surface area contributed by atoms with Gasteiger partial charge in [-0.25, -0.2) is 4.79 Å². The van der Waals surface area contributed by atoms with E-state index in [4.69, 9.17) is 4.52 Å². The third-order valence-electron chi connectivity index (χ3n) is 5.54. The topological polar surface area (TPSA) is 105 Å². The van der Waals surface area contributed by atoms with Crippen LogP contribution in [0, 0.1) is 0 Å². The monoisotopic (exact) mass is 453 g/mol. The highest BCUT2D eigenvalue weighted by Crippen LogP contribution is 2.29. The third kappa shape index (κ3) is 4.55. The maximum absolute atomic E-state index is 13.5. The second-order valence-electron chi connectivity index (χ2n) is 7.81. The number of hydrogen-bond acceptors (Lipinski definition) is 6. The van der Waals surface area contributed by atoms with Gasteiger partial charge in [0.15, 0.2) is 5.60 Å². The Morgan fingerprint density at radius 3 is 2.53 bits per heavy atom. The maximum Gasteiger partial charge on any atom is 0.366 e. The second kappa shape index (κ2) is 9.64. The molecule has 0 saturated carbocycles. The van der Waals surface area contributed by atoms with Crippen molar-refractivity contribution < 1.29 is 14.4 Å². The average Bonchev–Trinajstić information content (AvgIpc) is 2.85. The van der Waals surface area contributed by atoms with E-state index in [0.717, 1.165) is 11.1 Å². The summed E-state index contributed by atoms with van der Waals surface area (Å²) in [4.78, 5) is 29.5. The summed E-state index contributed by atoms with van der Waals surface area (Å²) in [6.45, 7) is 3.69. The standard InChI is InChI=1S/C27H23N3O4/c1-3-24-23-15-21(13-14-22(23)25(31)34-30-24)29-26(32)27(33,16-18-7-5-4-6-8-18)20-11-9-19(10-12-20)17-28-2/h3-15,17,33H,1,16H2,2H3,(H,29,32). The lowest BCUT2D eigenvalue weighted by atomic mass is 9.85. The van der Waals surface area contributed by atoms with Gasteiger partial charge in [-0.05, 0) is 41.0 Å². The van der Waals surface area contributed by atoms with E-state index in [1.807, 2.05) is 30.3 Å². The summed E-state index contributed by atoms with van der Waals surface area (Å²) in [5, 5.41) is 19.0. The first-order valence-electron chi connectivity index (χ1n) is 10.6. The number of hydrogen-bond donors (Lipinski definition) is 2. The van der Waals surface area contributed by atoms with Crippen LogP contribution < -0.4 is 10.9 Å². The van der Waals surface area contributed by atoms with Crippen molar-refractivity contribution in [2.45, 2.75) is 12.0 Å². The number of aliphatic imine (C=N–C) groups is 1. The van der Waals surface area contributed by atoms with Crippen molar-refractivity contribution in [3.8, 4) is 0 Å². The van der Waals surface area contributed by atoms with Crippen molar-refractivity contribution in [1.29, 1.82) is 0 Å². The molecule has 1 unspecified atom stereocenters. The summed E-state index contributed by atoms with van der Waals surface area (Å²) in [5.41, 5.74) is 0.424. The van der Waals surface area contributed by atoms with Gasteiger partial charge in [-0.3, -0.25) is 9.79 Å². The molecule has 1 atom stereocenters. The molecule has 1 amide bonds. The number of aliphatic hydroxyl groups is 1. The molecule has 7 nitrogen and oxygen atoms in total. The number of fused-ring (bicyclic) bond motifs is 1. The number of carbonyl (C=O) groups is 1. The van der Waals surface area contributed by atoms with Gasteiger partial charge in [-0.2, -0.15) is 0 Å². The number of nitrogens with one attached hydrogen (secondary N) is 1. The Morgan fingerprint density at radius 2 is 1.85 bits per heavy atom. The van der Waals surface area contributed by atoms with E-state index >= 15 is 0 Å². The minimum Gasteiger partial charge on any atom is -0.375 e. The van der Waals surface area contributed by atoms with Crippen LogP contribution in [-0.4, -0.2) is 29.4 Å². The van der Waals surface area contributed by atoms with Gasteiger partial charge < -0.3 is 14.9 Å². The fourth-order valence-corrected chi connectivity index (χ4v) is 3.78. The maximum atomic E-state index is 13.5. The van der Waals surface area contributed by atoms with E-state index in [-0.39, 0.29) is 6.42 Å². The number of benzene rings is 3. The predicted octanol–water partition coefficient (Wildman–Crippen LogP) is 3.95. The van der Waals surface area contributed by atoms with Gasteiger partial charge in [-0.1, -0.05) is 66.3 Å². The van der Waals surface area contributed by atoms with E-state index in [9.17, 15) is 14.7 Å². The van der Waals surface area contributed by atoms with E-state index in [1.54, 1.807) is 55.7 Å². The van der Waals surface area contributed by atoms with Crippen LogP contribution in [0.15, 0.2) is 93.7 Å². The SMILES string of the molecule is C=Cc1noc(=O)c2ccc(NC(=O)C(O)(Cc3ccccc3)c3ccc(C=NC)cc3)cc12. The summed E-state index contributed by atoms with van der Waals surface area (Å²) in [6.07, 6.45) is 3.22. The first-order valence-corrected chi connectivity index (χ1v) is 10.6. The van der Waals surface area contributed by atoms with Gasteiger partial charge in [0.1, 0.15) is 5.69 Å². The number of nitrogens with zero attached hydrogens (tertiary/aromatic N) is 2. The van der Waals surface area contributed by atoms with Gasteiger partial charge in [0.25, 0.3) is 5.91 Å². The molecule has 34 heavy (non-hydrogen) atoms. The van der Waals surface area contributed by atoms with E-state index in [2.05, 4.69) is 22.0 Å². The van der Waals surface area contributed by atoms with Crippen molar-refractivity contribution >= 4 is 34.7 Å². The van der Waals surface area contributed by atoms with E-state index in [0.29, 0.717) is 27.7 Å². The van der Waals surface area contributed by atoms with E-state index < -0.39 is 17.1 Å². The lowest BCUT2D eigenvalue weighted by Crippen LogP contribution is -2.42. The van der Waals surface area contributed by atoms with Crippen LogP contribution in [0.25, 0.3) is 16.8 Å². The fourth-order valence-electron chi connectivity index (χ4n) is 3.78. The van der Waals surface area contributed by atoms with Gasteiger partial charge >= 0.3 is 5.63 Å². The lowest BCUT2D eigenvalue weighted by Gasteiger charge is -2.28. The fraction of sp³-hybridized carbons (Fsp3) is 0.111. The Labute approximate surface area is 196 Å². The molecule has 1 aromatic heterocycles. The molecule has 0 bridgehead atoms. The normalized spacial score (nSPS) is 13.0. The number of carbonyl (C=O) groups excluding carboxylic acids is 1. The number of amides is 1. The third-order valence-corrected chi connectivity index (χ3v) is 5.54. The zero-order valence-electron chi connectivity index (χ0n) is 18.6. The van der Waals surface area contributed by atoms with Crippen LogP contribution in [-0.2, 0) is 16.8 Å². The molecule has 3 aromatic carbocycles. The Morgan fingerprint density at radius 1 is 1.12 bits per heavy atom. The number of anilines is 1. The van der Waals surface area contributed by atoms with Crippen LogP contribution >= 0.6 is 0 Å². The molecule has 0 aliphatic heterocycles. The zero-order valence-corrected chi connectivity index (χ0v) is 18.6. The minimum atomic E-state index is -1.85. The molecule has 0 saturated heterocycles. The van der Waals surface area contributed by atoms with Crippen LogP contribution in [0.2, 0.25) is 0 Å². The minimum absolute atomic E-state index is 0.0670. The molecule has 4 rings (SSSR count). The Kier molecular flexibility index (Phi) is 6.47. The largest absolute Gasteiger partial charge is 0.375 e. The highest BCUT2D eigenvalue weighted by Gasteiger charge is 2.38. The first kappa shape index (κ1) is 22.8. The Balaban J connectivity index is 1.73. The highest BCUT2D eigenvalue weighted by atomic mass is 16.5. The van der Waals surface area contributed by atoms with E-state index in [1.165, 1.54) is 6.08 Å². The second-order valence-corrected chi connectivity index (χ2v) is 7.81. The molecule has 0 fully saturated rings.